The van der Waals surface area contributed by atoms with Gasteiger partial charge in [0.1, 0.15) is 18.8 Å². The molecule has 0 aromatic heterocycles. The molecule has 5 fully saturated rings. The number of hydrogen-bond donors (Lipinski definition) is 4. The van der Waals surface area contributed by atoms with Crippen molar-refractivity contribution in [3.63, 3.8) is 0 Å². The van der Waals surface area contributed by atoms with Crippen LogP contribution in [0.5, 0.6) is 0 Å². The minimum Gasteiger partial charge on any atom is -0.462 e. The summed E-state index contributed by atoms with van der Waals surface area (Å²) in [5.41, 5.74) is -2.38. The van der Waals surface area contributed by atoms with E-state index in [-0.39, 0.29) is 36.9 Å². The maximum Gasteiger partial charge on any atom is 0.331 e. The Bertz CT molecular complexity index is 1100. The molecule has 0 aromatic carbocycles. The van der Waals surface area contributed by atoms with Gasteiger partial charge in [0.25, 0.3) is 0 Å². The highest BCUT2D eigenvalue weighted by molar-refractivity contribution is 5.85. The van der Waals surface area contributed by atoms with Crippen LogP contribution in [0.15, 0.2) is 11.6 Å². The van der Waals surface area contributed by atoms with E-state index in [1.165, 1.54) is 13.0 Å². The number of aliphatic hydroxyl groups excluding tert-OH is 2. The van der Waals surface area contributed by atoms with Crippen molar-refractivity contribution < 1.29 is 49.0 Å². The molecule has 6 aliphatic rings. The van der Waals surface area contributed by atoms with Crippen LogP contribution >= 0.6 is 0 Å². The van der Waals surface area contributed by atoms with E-state index in [0.717, 1.165) is 24.8 Å². The van der Waals surface area contributed by atoms with Crippen LogP contribution in [0.3, 0.4) is 0 Å². The van der Waals surface area contributed by atoms with Crippen molar-refractivity contribution in [2.75, 3.05) is 6.61 Å². The molecule has 0 aromatic rings. The molecule has 0 spiro atoms. The zero-order chi connectivity index (χ0) is 29.5. The van der Waals surface area contributed by atoms with E-state index < -0.39 is 64.7 Å². The van der Waals surface area contributed by atoms with Crippen LogP contribution in [-0.4, -0.2) is 87.0 Å². The van der Waals surface area contributed by atoms with Crippen LogP contribution in [0.25, 0.3) is 0 Å². The van der Waals surface area contributed by atoms with Gasteiger partial charge in [-0.15, -0.1) is 0 Å². The van der Waals surface area contributed by atoms with Gasteiger partial charge in [-0.3, -0.25) is 4.79 Å². The Kier molecular flexibility index (Phi) is 7.19. The third-order valence-electron chi connectivity index (χ3n) is 12.4. The van der Waals surface area contributed by atoms with E-state index >= 15 is 0 Å². The van der Waals surface area contributed by atoms with Gasteiger partial charge in [-0.2, -0.15) is 0 Å². The molecule has 0 amide bonds. The molecule has 6 rings (SSSR count). The molecule has 0 bridgehead atoms. The third-order valence-corrected chi connectivity index (χ3v) is 12.4. The van der Waals surface area contributed by atoms with Crippen molar-refractivity contribution in [1.29, 1.82) is 0 Å². The fourth-order valence-electron chi connectivity index (χ4n) is 10.2. The molecule has 1 saturated heterocycles. The molecule has 4 aliphatic carbocycles. The van der Waals surface area contributed by atoms with Gasteiger partial charge in [-0.25, -0.2) is 4.79 Å². The lowest BCUT2D eigenvalue weighted by Gasteiger charge is -2.66. The zero-order valence-electron chi connectivity index (χ0n) is 24.6. The number of fused-ring (bicyclic) bond motifs is 5. The Balaban J connectivity index is 1.23. The molecular weight excluding hydrogens is 532 g/mol. The lowest BCUT2D eigenvalue weighted by atomic mass is 9.42. The average Bonchev–Trinajstić information content (AvgIpc) is 3.39. The first-order chi connectivity index (χ1) is 19.2. The van der Waals surface area contributed by atoms with Gasteiger partial charge in [0.05, 0.1) is 29.5 Å². The second-order valence-corrected chi connectivity index (χ2v) is 14.3. The average molecular weight is 579 g/mol. The minimum atomic E-state index is -1.13. The molecule has 2 aliphatic heterocycles. The van der Waals surface area contributed by atoms with Crippen LogP contribution in [0.2, 0.25) is 0 Å². The molecule has 10 heteroatoms. The first-order valence-corrected chi connectivity index (χ1v) is 15.4. The predicted molar refractivity (Wildman–Crippen MR) is 144 cm³/mol. The Morgan fingerprint density at radius 3 is 2.39 bits per heavy atom. The number of hydrogen-bond acceptors (Lipinski definition) is 10. The highest BCUT2D eigenvalue weighted by Crippen LogP contribution is 2.71. The Morgan fingerprint density at radius 1 is 1.02 bits per heavy atom. The second kappa shape index (κ2) is 9.99. The molecular formula is C31H46O10. The fourth-order valence-corrected chi connectivity index (χ4v) is 10.2. The molecule has 230 valence electrons. The van der Waals surface area contributed by atoms with E-state index in [9.17, 15) is 30.0 Å². The van der Waals surface area contributed by atoms with E-state index in [2.05, 4.69) is 13.8 Å². The number of carbonyl (C=O) groups excluding carboxylic acids is 2. The first-order valence-electron chi connectivity index (χ1n) is 15.4. The topological polar surface area (TPSA) is 152 Å². The molecule has 13 atom stereocenters. The highest BCUT2D eigenvalue weighted by Gasteiger charge is 2.72. The molecule has 13 unspecified atom stereocenters. The van der Waals surface area contributed by atoms with Gasteiger partial charge in [0, 0.05) is 43.6 Å². The number of rotatable bonds is 4. The van der Waals surface area contributed by atoms with Crippen molar-refractivity contribution >= 4 is 11.9 Å². The Hall–Kier alpha value is -1.56. The SMILES string of the molecule is CC(=O)OC1CC2(O)C3CCC4(O)CC(OC5CC(O)C(O)C(C)O5)CCC4(C)C3CCC2(C)C1C1=CC(=O)OC1. The highest BCUT2D eigenvalue weighted by atomic mass is 16.7. The van der Waals surface area contributed by atoms with E-state index in [1.807, 2.05) is 0 Å². The van der Waals surface area contributed by atoms with Gasteiger partial charge in [0.15, 0.2) is 6.29 Å². The summed E-state index contributed by atoms with van der Waals surface area (Å²) in [5.74, 6) is -1.15. The van der Waals surface area contributed by atoms with Crippen LogP contribution in [0, 0.1) is 28.6 Å². The molecule has 4 saturated carbocycles. The third kappa shape index (κ3) is 4.42. The van der Waals surface area contributed by atoms with Gasteiger partial charge in [-0.1, -0.05) is 13.8 Å². The smallest absolute Gasteiger partial charge is 0.331 e. The predicted octanol–water partition coefficient (Wildman–Crippen LogP) is 2.14. The van der Waals surface area contributed by atoms with E-state index in [4.69, 9.17) is 18.9 Å². The van der Waals surface area contributed by atoms with Gasteiger partial charge in [0.2, 0.25) is 0 Å². The summed E-state index contributed by atoms with van der Waals surface area (Å²) < 4.78 is 23.1. The summed E-state index contributed by atoms with van der Waals surface area (Å²) in [6, 6.07) is 0. The number of carbonyl (C=O) groups is 2. The maximum absolute atomic E-state index is 12.7. The molecule has 0 radical (unpaired) electrons. The van der Waals surface area contributed by atoms with Crippen molar-refractivity contribution in [3.8, 4) is 0 Å². The van der Waals surface area contributed by atoms with Crippen LogP contribution < -0.4 is 0 Å². The van der Waals surface area contributed by atoms with E-state index in [0.29, 0.717) is 32.1 Å². The van der Waals surface area contributed by atoms with Crippen LogP contribution in [0.1, 0.15) is 85.5 Å². The first kappa shape index (κ1) is 29.5. The van der Waals surface area contributed by atoms with Crippen molar-refractivity contribution in [2.45, 2.75) is 133 Å². The summed E-state index contributed by atoms with van der Waals surface area (Å²) >= 11 is 0. The summed E-state index contributed by atoms with van der Waals surface area (Å²) in [6.45, 7) is 7.48. The lowest BCUT2D eigenvalue weighted by molar-refractivity contribution is -0.290. The molecule has 10 nitrogen and oxygen atoms in total. The number of ether oxygens (including phenoxy) is 4. The van der Waals surface area contributed by atoms with Crippen molar-refractivity contribution in [2.24, 2.45) is 28.6 Å². The van der Waals surface area contributed by atoms with Gasteiger partial charge >= 0.3 is 11.9 Å². The largest absolute Gasteiger partial charge is 0.462 e. The second-order valence-electron chi connectivity index (χ2n) is 14.3. The quantitative estimate of drug-likeness (QED) is 0.288. The summed E-state index contributed by atoms with van der Waals surface area (Å²) in [7, 11) is 0. The Labute approximate surface area is 241 Å². The fraction of sp³-hybridized carbons (Fsp3) is 0.871. The normalized spacial score (nSPS) is 53.0. The monoisotopic (exact) mass is 578 g/mol. The summed E-state index contributed by atoms with van der Waals surface area (Å²) in [5, 5.41) is 45.1. The standard InChI is InChI=1S/C31H46O10/c1-16-27(35)22(33)12-25(39-16)41-19-5-8-28(3)20-6-9-29(4)26(18-11-24(34)38-15-18)23(40-17(2)32)14-31(29,37)21(20)7-10-30(28,36)13-19/h11,16,19-23,25-27,33,35-37H,5-10,12-15H2,1-4H3. The number of aliphatic hydroxyl groups is 4. The molecule has 41 heavy (non-hydrogen) atoms. The van der Waals surface area contributed by atoms with E-state index in [1.54, 1.807) is 6.92 Å². The molecule has 2 heterocycles. The van der Waals surface area contributed by atoms with Crippen molar-refractivity contribution in [1.82, 2.24) is 0 Å². The van der Waals surface area contributed by atoms with Crippen LogP contribution in [0.4, 0.5) is 0 Å². The molecule has 4 N–H and O–H groups in total. The Morgan fingerprint density at radius 2 is 1.73 bits per heavy atom. The zero-order valence-corrected chi connectivity index (χ0v) is 24.6. The summed E-state index contributed by atoms with van der Waals surface area (Å²) in [4.78, 5) is 24.1. The lowest BCUT2D eigenvalue weighted by Crippen LogP contribution is -2.67. The van der Waals surface area contributed by atoms with Gasteiger partial charge < -0.3 is 39.4 Å². The van der Waals surface area contributed by atoms with Gasteiger partial charge in [-0.05, 0) is 68.3 Å². The summed E-state index contributed by atoms with van der Waals surface area (Å²) in [6.07, 6.45) is 2.69. The van der Waals surface area contributed by atoms with Crippen LogP contribution in [-0.2, 0) is 28.5 Å². The maximum atomic E-state index is 12.7. The van der Waals surface area contributed by atoms with Crippen molar-refractivity contribution in [3.05, 3.63) is 11.6 Å². The number of esters is 2. The minimum absolute atomic E-state index is 0.0652. The number of cyclic esters (lactones) is 1.